The molecule has 0 amide bonds. The van der Waals surface area contributed by atoms with E-state index in [1.54, 1.807) is 0 Å². The average Bonchev–Trinajstić information content (AvgIpc) is 2.28. The van der Waals surface area contributed by atoms with Crippen LogP contribution in [0.3, 0.4) is 0 Å². The largest absolute Gasteiger partial charge is 1.00 e. The predicted octanol–water partition coefficient (Wildman–Crippen LogP) is -10.5. The molecule has 0 aromatic carbocycles. The summed E-state index contributed by atoms with van der Waals surface area (Å²) in [5.74, 6) is 0. The predicted molar refractivity (Wildman–Crippen MR) is 40.1 cm³/mol. The summed E-state index contributed by atoms with van der Waals surface area (Å²) in [5.41, 5.74) is 0. The van der Waals surface area contributed by atoms with Gasteiger partial charge >= 0.3 is 59.1 Å². The van der Waals surface area contributed by atoms with E-state index in [0.717, 1.165) is 0 Å². The fraction of sp³-hybridized carbons (Fsp3) is 1.00. The van der Waals surface area contributed by atoms with E-state index in [-0.39, 0.29) is 64.6 Å². The van der Waals surface area contributed by atoms with Gasteiger partial charge < -0.3 is 44.4 Å². The molecule has 1 unspecified atom stereocenters. The third-order valence-corrected chi connectivity index (χ3v) is 2.20. The first kappa shape index (κ1) is 24.0. The number of aliphatic hydroxyl groups excluding tert-OH is 3. The molecule has 1 fully saturated rings. The van der Waals surface area contributed by atoms with Crippen molar-refractivity contribution in [2.75, 3.05) is 6.61 Å². The monoisotopic (exact) mass is 292 g/mol. The Morgan fingerprint density at radius 2 is 1.65 bits per heavy atom. The first-order valence-electron chi connectivity index (χ1n) is 3.67. The Morgan fingerprint density at radius 1 is 1.18 bits per heavy atom. The van der Waals surface area contributed by atoms with E-state index in [4.69, 9.17) is 15.3 Å². The molecular formula is C5H11Na2O9P. The molecule has 0 aromatic rings. The van der Waals surface area contributed by atoms with Crippen LogP contribution < -0.4 is 68.9 Å². The van der Waals surface area contributed by atoms with Crippen molar-refractivity contribution in [3.8, 4) is 0 Å². The summed E-state index contributed by atoms with van der Waals surface area (Å²) in [6.07, 6.45) is -5.88. The third-order valence-electron chi connectivity index (χ3n) is 1.73. The first-order valence-corrected chi connectivity index (χ1v) is 5.13. The van der Waals surface area contributed by atoms with Crippen LogP contribution in [0.2, 0.25) is 0 Å². The van der Waals surface area contributed by atoms with Gasteiger partial charge in [-0.25, -0.2) is 0 Å². The van der Waals surface area contributed by atoms with Gasteiger partial charge in [0.05, 0.1) is 14.4 Å². The number of phosphoric ester groups is 1. The van der Waals surface area contributed by atoms with Gasteiger partial charge in [0.15, 0.2) is 6.29 Å². The number of phosphoric acid groups is 1. The second-order valence-corrected chi connectivity index (χ2v) is 3.94. The van der Waals surface area contributed by atoms with Crippen LogP contribution in [0.25, 0.3) is 0 Å². The molecule has 92 valence electrons. The van der Waals surface area contributed by atoms with Gasteiger partial charge in [-0.3, -0.25) is 0 Å². The second-order valence-electron chi connectivity index (χ2n) is 2.79. The topological polar surface area (TPSA) is 174 Å². The smallest absolute Gasteiger partial charge is 0.790 e. The van der Waals surface area contributed by atoms with Crippen molar-refractivity contribution < 1.29 is 104 Å². The Labute approximate surface area is 141 Å². The minimum atomic E-state index is -5.14. The van der Waals surface area contributed by atoms with E-state index in [1.807, 2.05) is 0 Å². The molecule has 0 aromatic heterocycles. The quantitative estimate of drug-likeness (QED) is 0.339. The number of rotatable bonds is 3. The normalized spacial score (nSPS) is 32.1. The molecule has 0 saturated carbocycles. The van der Waals surface area contributed by atoms with Crippen LogP contribution in [0.1, 0.15) is 0 Å². The Balaban J connectivity index is -0.000000653. The molecule has 0 radical (unpaired) electrons. The Hall–Kier alpha value is 1.91. The summed E-state index contributed by atoms with van der Waals surface area (Å²) in [7, 11) is -5.14. The van der Waals surface area contributed by atoms with Gasteiger partial charge in [-0.2, -0.15) is 0 Å². The van der Waals surface area contributed by atoms with Crippen LogP contribution in [0.15, 0.2) is 0 Å². The van der Waals surface area contributed by atoms with Gasteiger partial charge in [0.1, 0.15) is 18.3 Å². The number of hydrogen-bond acceptors (Lipinski definition) is 8. The maximum absolute atomic E-state index is 10.0. The second kappa shape index (κ2) is 9.76. The molecule has 1 aliphatic heterocycles. The molecule has 1 rings (SSSR count). The summed E-state index contributed by atoms with van der Waals surface area (Å²) in [6.45, 7) is -0.737. The fourth-order valence-corrected chi connectivity index (χ4v) is 1.36. The standard InChI is InChI=1S/C5H11O8P.2Na.H2O/c6-3-2(1-12-14(9,10)11)13-5(8)4(3)7;;;/h2-8H,1H2,(H2,9,10,11);;;1H2/q;2*+1;/p-2/t2-,3-,4-,5?;;;/m1.../s1. The fourth-order valence-electron chi connectivity index (χ4n) is 1.03. The van der Waals surface area contributed by atoms with Crippen LogP contribution in [-0.4, -0.2) is 52.0 Å². The van der Waals surface area contributed by atoms with E-state index in [9.17, 15) is 14.4 Å². The molecule has 0 spiro atoms. The Kier molecular flexibility index (Phi) is 13.8. The molecule has 9 nitrogen and oxygen atoms in total. The van der Waals surface area contributed by atoms with Crippen LogP contribution in [-0.2, 0) is 13.8 Å². The summed E-state index contributed by atoms with van der Waals surface area (Å²) >= 11 is 0. The maximum Gasteiger partial charge on any atom is 1.00 e. The minimum absolute atomic E-state index is 0. The molecule has 5 N–H and O–H groups in total. The van der Waals surface area contributed by atoms with Crippen molar-refractivity contribution in [2.45, 2.75) is 24.6 Å². The zero-order valence-electron chi connectivity index (χ0n) is 9.35. The van der Waals surface area contributed by atoms with E-state index >= 15 is 0 Å². The molecule has 1 saturated heterocycles. The van der Waals surface area contributed by atoms with Crippen molar-refractivity contribution in [3.63, 3.8) is 0 Å². The molecule has 17 heavy (non-hydrogen) atoms. The summed E-state index contributed by atoms with van der Waals surface area (Å²) in [4.78, 5) is 20.1. The van der Waals surface area contributed by atoms with Gasteiger partial charge in [0.2, 0.25) is 0 Å². The zero-order chi connectivity index (χ0) is 10.9. The van der Waals surface area contributed by atoms with Crippen LogP contribution >= 0.6 is 7.82 Å². The number of aliphatic hydroxyl groups is 3. The van der Waals surface area contributed by atoms with Crippen molar-refractivity contribution >= 4 is 7.82 Å². The summed E-state index contributed by atoms with van der Waals surface area (Å²) in [5, 5.41) is 26.9. The third kappa shape index (κ3) is 7.93. The first-order chi connectivity index (χ1) is 6.31. The van der Waals surface area contributed by atoms with Crippen molar-refractivity contribution in [2.24, 2.45) is 0 Å². The van der Waals surface area contributed by atoms with Gasteiger partial charge in [-0.1, -0.05) is 0 Å². The maximum atomic E-state index is 10.0. The van der Waals surface area contributed by atoms with Crippen molar-refractivity contribution in [1.29, 1.82) is 0 Å². The molecular weight excluding hydrogens is 281 g/mol. The molecule has 12 heteroatoms. The van der Waals surface area contributed by atoms with Gasteiger partial charge in [0.25, 0.3) is 0 Å². The Morgan fingerprint density at radius 3 is 1.94 bits per heavy atom. The SMILES string of the molecule is O.O=P([O-])([O-])OC[C@H]1OC(O)[C@H](O)[C@@H]1O.[Na+].[Na+]. The van der Waals surface area contributed by atoms with E-state index in [2.05, 4.69) is 9.26 Å². The summed E-state index contributed by atoms with van der Waals surface area (Å²) in [6, 6.07) is 0. The minimum Gasteiger partial charge on any atom is -0.790 e. The molecule has 1 aliphatic rings. The number of ether oxygens (including phenoxy) is 1. The van der Waals surface area contributed by atoms with E-state index in [0.29, 0.717) is 0 Å². The average molecular weight is 292 g/mol. The van der Waals surface area contributed by atoms with Gasteiger partial charge in [-0.15, -0.1) is 0 Å². The zero-order valence-corrected chi connectivity index (χ0v) is 14.2. The molecule has 0 bridgehead atoms. The molecule has 0 aliphatic carbocycles. The molecule has 4 atom stereocenters. The van der Waals surface area contributed by atoms with Crippen LogP contribution in [0.4, 0.5) is 0 Å². The Bertz CT molecular complexity index is 248. The van der Waals surface area contributed by atoms with Gasteiger partial charge in [0, 0.05) is 0 Å². The van der Waals surface area contributed by atoms with Crippen molar-refractivity contribution in [3.05, 3.63) is 0 Å². The van der Waals surface area contributed by atoms with E-state index < -0.39 is 39.0 Å². The number of hydrogen-bond donors (Lipinski definition) is 3. The molecule has 1 heterocycles. The summed E-state index contributed by atoms with van der Waals surface area (Å²) < 4.78 is 18.4. The van der Waals surface area contributed by atoms with Gasteiger partial charge in [-0.05, 0) is 0 Å². The van der Waals surface area contributed by atoms with Crippen molar-refractivity contribution in [1.82, 2.24) is 0 Å². The van der Waals surface area contributed by atoms with Crippen LogP contribution in [0, 0.1) is 0 Å². The van der Waals surface area contributed by atoms with E-state index in [1.165, 1.54) is 0 Å². The van der Waals surface area contributed by atoms with Crippen LogP contribution in [0.5, 0.6) is 0 Å².